The van der Waals surface area contributed by atoms with Crippen LogP contribution in [-0.4, -0.2) is 39.8 Å². The smallest absolute Gasteiger partial charge is 0.177 e. The van der Waals surface area contributed by atoms with Gasteiger partial charge in [0.2, 0.25) is 0 Å². The molecule has 4 aromatic carbocycles. The zero-order valence-electron chi connectivity index (χ0n) is 24.5. The van der Waals surface area contributed by atoms with E-state index in [0.717, 1.165) is 53.0 Å². The average Bonchev–Trinajstić information content (AvgIpc) is 3.02. The fourth-order valence-corrected chi connectivity index (χ4v) is 6.32. The van der Waals surface area contributed by atoms with E-state index in [1.165, 1.54) is 27.6 Å². The Morgan fingerprint density at radius 2 is 1.63 bits per heavy atom. The first kappa shape index (κ1) is 26.9. The molecule has 0 radical (unpaired) electrons. The van der Waals surface area contributed by atoms with Crippen molar-refractivity contribution in [1.82, 2.24) is 4.90 Å². The quantitative estimate of drug-likeness (QED) is 0.221. The van der Waals surface area contributed by atoms with E-state index >= 15 is 0 Å². The van der Waals surface area contributed by atoms with E-state index in [0.29, 0.717) is 5.75 Å². The van der Waals surface area contributed by atoms with E-state index in [9.17, 15) is 0 Å². The van der Waals surface area contributed by atoms with E-state index in [1.807, 2.05) is 0 Å². The molecule has 41 heavy (non-hydrogen) atoms. The fourth-order valence-electron chi connectivity index (χ4n) is 6.32. The maximum atomic E-state index is 7.42. The number of likely N-dealkylation sites (N-methyl/N-ethyl adjacent to an activating group) is 1. The zero-order valence-corrected chi connectivity index (χ0v) is 24.5. The lowest BCUT2D eigenvalue weighted by Crippen LogP contribution is -2.35. The van der Waals surface area contributed by atoms with Gasteiger partial charge in [0.05, 0.1) is 14.2 Å². The number of nitrogens with zero attached hydrogens (tertiary/aromatic N) is 1. The molecule has 1 aliphatic heterocycles. The van der Waals surface area contributed by atoms with Gasteiger partial charge in [-0.15, -0.1) is 0 Å². The summed E-state index contributed by atoms with van der Waals surface area (Å²) in [6, 6.07) is 23.5. The number of hydrogen-bond donors (Lipinski definition) is 0. The summed E-state index contributed by atoms with van der Waals surface area (Å²) in [6.07, 6.45) is 13.0. The average molecular weight is 544 g/mol. The van der Waals surface area contributed by atoms with E-state index in [-0.39, 0.29) is 0 Å². The molecule has 208 valence electrons. The molecule has 0 aromatic heterocycles. The predicted octanol–water partition coefficient (Wildman–Crippen LogP) is 7.99. The minimum Gasteiger partial charge on any atom is -0.493 e. The summed E-state index contributed by atoms with van der Waals surface area (Å²) in [5.41, 5.74) is 7.53. The van der Waals surface area contributed by atoms with Crippen molar-refractivity contribution < 1.29 is 14.2 Å². The summed E-state index contributed by atoms with van der Waals surface area (Å²) in [5, 5.41) is 2.29. The topological polar surface area (TPSA) is 30.9 Å². The van der Waals surface area contributed by atoms with E-state index < -0.39 is 5.60 Å². The molecule has 6 rings (SSSR count). The lowest BCUT2D eigenvalue weighted by molar-refractivity contribution is 0.161. The van der Waals surface area contributed by atoms with Crippen LogP contribution in [0.1, 0.15) is 29.2 Å². The highest BCUT2D eigenvalue weighted by Crippen LogP contribution is 2.53. The van der Waals surface area contributed by atoms with Gasteiger partial charge in [0, 0.05) is 23.2 Å². The first-order valence-corrected chi connectivity index (χ1v) is 14.3. The third kappa shape index (κ3) is 4.53. The molecule has 1 heterocycles. The van der Waals surface area contributed by atoms with Crippen LogP contribution in [0.5, 0.6) is 17.2 Å². The van der Waals surface area contributed by atoms with Crippen LogP contribution in [0.2, 0.25) is 0 Å². The molecule has 1 unspecified atom stereocenters. The molecule has 0 saturated carbocycles. The van der Waals surface area contributed by atoms with Gasteiger partial charge in [-0.25, -0.2) is 0 Å². The summed E-state index contributed by atoms with van der Waals surface area (Å²) < 4.78 is 18.9. The fraction of sp³-hybridized carbons (Fsp3) is 0.243. The number of hydrogen-bond acceptors (Lipinski definition) is 4. The number of aryl methyl sites for hydroxylation is 2. The van der Waals surface area contributed by atoms with Gasteiger partial charge in [0.1, 0.15) is 5.75 Å². The Morgan fingerprint density at radius 1 is 0.927 bits per heavy atom. The Morgan fingerprint density at radius 3 is 2.34 bits per heavy atom. The third-order valence-corrected chi connectivity index (χ3v) is 8.30. The summed E-state index contributed by atoms with van der Waals surface area (Å²) >= 11 is 0. The van der Waals surface area contributed by atoms with Crippen molar-refractivity contribution in [3.05, 3.63) is 119 Å². The molecular weight excluding hydrogens is 506 g/mol. The molecule has 1 aliphatic carbocycles. The van der Waals surface area contributed by atoms with Crippen molar-refractivity contribution in [3.63, 3.8) is 0 Å². The van der Waals surface area contributed by atoms with Crippen molar-refractivity contribution in [3.8, 4) is 28.4 Å². The van der Waals surface area contributed by atoms with Crippen LogP contribution < -0.4 is 14.2 Å². The predicted molar refractivity (Wildman–Crippen MR) is 169 cm³/mol. The second kappa shape index (κ2) is 10.9. The maximum absolute atomic E-state index is 7.42. The highest BCUT2D eigenvalue weighted by Gasteiger charge is 2.40. The molecule has 2 aliphatic rings. The number of fused-ring (bicyclic) bond motifs is 8. The van der Waals surface area contributed by atoms with Crippen molar-refractivity contribution in [2.75, 3.05) is 34.9 Å². The van der Waals surface area contributed by atoms with Crippen LogP contribution in [0.25, 0.3) is 28.0 Å². The molecule has 0 fully saturated rings. The molecule has 0 N–H and O–H groups in total. The number of rotatable bonds is 7. The molecule has 0 saturated heterocycles. The van der Waals surface area contributed by atoms with Gasteiger partial charge in [-0.1, -0.05) is 72.8 Å². The van der Waals surface area contributed by atoms with Crippen molar-refractivity contribution in [2.24, 2.45) is 0 Å². The highest BCUT2D eigenvalue weighted by atomic mass is 16.5. The van der Waals surface area contributed by atoms with Gasteiger partial charge in [0.15, 0.2) is 17.1 Å². The molecule has 4 aromatic rings. The molecule has 0 amide bonds. The Hall–Kier alpha value is -4.28. The van der Waals surface area contributed by atoms with Gasteiger partial charge in [0.25, 0.3) is 0 Å². The SMILES string of the molecule is C/C=C(\C=C/CN(C)C)C1(c2ccccc2)C=Cc2c(c3c(c4cc(OC)c(OC)cc24)CCc2ccccc2-3)O1. The molecule has 0 spiro atoms. The Balaban J connectivity index is 1.67. The molecule has 0 bridgehead atoms. The third-order valence-electron chi connectivity index (χ3n) is 8.30. The summed E-state index contributed by atoms with van der Waals surface area (Å²) in [5.74, 6) is 2.37. The monoisotopic (exact) mass is 543 g/mol. The molecule has 4 nitrogen and oxygen atoms in total. The molecule has 1 atom stereocenters. The van der Waals surface area contributed by atoms with Gasteiger partial charge in [-0.05, 0) is 91.2 Å². The number of methoxy groups -OCH3 is 2. The first-order valence-electron chi connectivity index (χ1n) is 14.3. The first-order chi connectivity index (χ1) is 20.0. The standard InChI is InChI=1S/C37H37NO3/c1-6-26(16-12-22-38(2)3)37(27-14-8-7-9-15-27)21-20-30-32-24-34(40-5)33(39-4)23-31(32)29-19-18-25-13-10-11-17-28(25)35(29)36(30)41-37/h6-17,20-21,23-24H,18-19,22H2,1-5H3/b16-12-,26-6+. The Kier molecular flexibility index (Phi) is 7.19. The largest absolute Gasteiger partial charge is 0.493 e. The van der Waals surface area contributed by atoms with Crippen LogP contribution in [0.15, 0.2) is 96.6 Å². The Bertz CT molecular complexity index is 1700. The van der Waals surface area contributed by atoms with Gasteiger partial charge in [-0.3, -0.25) is 0 Å². The van der Waals surface area contributed by atoms with E-state index in [4.69, 9.17) is 14.2 Å². The second-order valence-electron chi connectivity index (χ2n) is 11.0. The summed E-state index contributed by atoms with van der Waals surface area (Å²) in [4.78, 5) is 2.16. The van der Waals surface area contributed by atoms with Gasteiger partial charge < -0.3 is 19.1 Å². The lowest BCUT2D eigenvalue weighted by atomic mass is 9.77. The molecular formula is C37H37NO3. The van der Waals surface area contributed by atoms with E-state index in [1.54, 1.807) is 14.2 Å². The number of allylic oxidation sites excluding steroid dienone is 1. The number of benzene rings is 4. The van der Waals surface area contributed by atoms with Crippen LogP contribution in [0.4, 0.5) is 0 Å². The van der Waals surface area contributed by atoms with Gasteiger partial charge >= 0.3 is 0 Å². The Labute approximate surface area is 243 Å². The van der Waals surface area contributed by atoms with Crippen molar-refractivity contribution >= 4 is 16.8 Å². The highest BCUT2D eigenvalue weighted by molar-refractivity contribution is 6.04. The van der Waals surface area contributed by atoms with Crippen molar-refractivity contribution in [1.29, 1.82) is 0 Å². The normalized spacial score (nSPS) is 17.8. The minimum absolute atomic E-state index is 0.715. The van der Waals surface area contributed by atoms with Crippen LogP contribution >= 0.6 is 0 Å². The van der Waals surface area contributed by atoms with Crippen LogP contribution in [-0.2, 0) is 18.4 Å². The zero-order chi connectivity index (χ0) is 28.6. The second-order valence-corrected chi connectivity index (χ2v) is 11.0. The van der Waals surface area contributed by atoms with Crippen LogP contribution in [0.3, 0.4) is 0 Å². The summed E-state index contributed by atoms with van der Waals surface area (Å²) in [7, 11) is 7.55. The summed E-state index contributed by atoms with van der Waals surface area (Å²) in [6.45, 7) is 2.94. The maximum Gasteiger partial charge on any atom is 0.177 e. The van der Waals surface area contributed by atoms with E-state index in [2.05, 4.69) is 123 Å². The van der Waals surface area contributed by atoms with Crippen molar-refractivity contribution in [2.45, 2.75) is 25.4 Å². The van der Waals surface area contributed by atoms with Gasteiger partial charge in [-0.2, -0.15) is 0 Å². The van der Waals surface area contributed by atoms with Crippen LogP contribution in [0, 0.1) is 0 Å². The lowest BCUT2D eigenvalue weighted by Gasteiger charge is -2.39. The number of ether oxygens (including phenoxy) is 3. The minimum atomic E-state index is -0.782. The molecule has 4 heteroatoms.